The number of anilines is 1. The average molecular weight is 1150 g/mol. The topological polar surface area (TPSA) is 296 Å². The highest BCUT2D eigenvalue weighted by Crippen LogP contribution is 2.65. The second-order valence-electron chi connectivity index (χ2n) is 17.2. The van der Waals surface area contributed by atoms with Gasteiger partial charge >= 0.3 is 31.2 Å². The molecule has 9 rings (SSSR count). The number of aromatic nitrogens is 6. The minimum atomic E-state index is -4.71. The van der Waals surface area contributed by atoms with Gasteiger partial charge in [0.2, 0.25) is 0 Å². The van der Waals surface area contributed by atoms with E-state index in [1.807, 2.05) is 4.98 Å². The van der Waals surface area contributed by atoms with Gasteiger partial charge in [-0.1, -0.05) is 24.3 Å². The standard InChI is InChI=1S/C49H47F2N7O16P2S2/c1-66-32-15-7-30(8-16-32)47(60)71-34-11-3-28(4-12-34)24-77-75(63,64)68-23-38-42(40(51)46(73-38)57-20-19-39(59)56-49(57)62)74-76(65,69-22-36-21-37(50)45(70-36)58-27-55-41-43(52)53-26-54-44(41)58)78-25-29-5-13-35(14-6-29)72-48(61)31-9-17-33(67-2)18-10-31/h3-20,26-27,36-38,40,42,45-46H,21-25H2,1-2H3,(H,63,64)(H2,52,53,54)(H,56,59,62)/t36-,37+,38+,40+,42+,45+,46+,76?/m0/s1. The Balaban J connectivity index is 0.910. The summed E-state index contributed by atoms with van der Waals surface area (Å²) in [5, 5.41) is 0. The van der Waals surface area contributed by atoms with E-state index in [0.717, 1.165) is 12.3 Å². The maximum Gasteiger partial charge on any atom is 0.389 e. The van der Waals surface area contributed by atoms with Gasteiger partial charge in [-0.2, -0.15) is 0 Å². The van der Waals surface area contributed by atoms with Crippen molar-refractivity contribution in [1.82, 2.24) is 29.1 Å². The lowest BCUT2D eigenvalue weighted by molar-refractivity contribution is -0.0458. The minimum absolute atomic E-state index is 0.0560. The van der Waals surface area contributed by atoms with Crippen molar-refractivity contribution < 1.29 is 74.4 Å². The van der Waals surface area contributed by atoms with Crippen molar-refractivity contribution in [2.24, 2.45) is 0 Å². The number of carbonyl (C=O) groups is 2. The number of imidazole rings is 1. The van der Waals surface area contributed by atoms with Crippen LogP contribution in [-0.2, 0) is 43.7 Å². The van der Waals surface area contributed by atoms with E-state index in [2.05, 4.69) is 15.0 Å². The summed E-state index contributed by atoms with van der Waals surface area (Å²) in [7, 11) is 2.99. The highest BCUT2D eigenvalue weighted by molar-refractivity contribution is 8.54. The summed E-state index contributed by atoms with van der Waals surface area (Å²) < 4.78 is 114. The Kier molecular flexibility index (Phi) is 17.6. The lowest BCUT2D eigenvalue weighted by atomic mass is 10.1. The number of methoxy groups -OCH3 is 2. The molecule has 5 heterocycles. The summed E-state index contributed by atoms with van der Waals surface area (Å²) in [6.45, 7) is -10.8. The Hall–Kier alpha value is -6.77. The summed E-state index contributed by atoms with van der Waals surface area (Å²) in [5.74, 6) is 0.0172. The predicted octanol–water partition coefficient (Wildman–Crippen LogP) is 7.77. The van der Waals surface area contributed by atoms with Crippen LogP contribution < -0.4 is 35.9 Å². The van der Waals surface area contributed by atoms with Crippen molar-refractivity contribution in [3.05, 3.63) is 165 Å². The van der Waals surface area contributed by atoms with Crippen LogP contribution in [0.2, 0.25) is 0 Å². The zero-order valence-electron chi connectivity index (χ0n) is 41.0. The number of carbonyl (C=O) groups excluding carboxylic acids is 2. The van der Waals surface area contributed by atoms with Crippen LogP contribution in [0.4, 0.5) is 14.6 Å². The quantitative estimate of drug-likeness (QED) is 0.0332. The number of esters is 2. The van der Waals surface area contributed by atoms with E-state index >= 15 is 13.3 Å². The van der Waals surface area contributed by atoms with Gasteiger partial charge in [0.15, 0.2) is 30.1 Å². The molecular weight excluding hydrogens is 1110 g/mol. The van der Waals surface area contributed by atoms with Gasteiger partial charge in [0, 0.05) is 30.2 Å². The van der Waals surface area contributed by atoms with E-state index < -0.39 is 93.1 Å². The molecule has 78 heavy (non-hydrogen) atoms. The van der Waals surface area contributed by atoms with Crippen LogP contribution in [0.1, 0.15) is 50.7 Å². The van der Waals surface area contributed by atoms with Gasteiger partial charge < -0.3 is 39.0 Å². The minimum Gasteiger partial charge on any atom is -0.497 e. The first-order chi connectivity index (χ1) is 37.5. The molecule has 23 nitrogen and oxygen atoms in total. The number of rotatable bonds is 22. The molecule has 0 amide bonds. The molecule has 0 saturated carbocycles. The molecule has 2 aliphatic heterocycles. The fourth-order valence-corrected chi connectivity index (χ4v) is 13.6. The maximum atomic E-state index is 17.0. The van der Waals surface area contributed by atoms with Gasteiger partial charge in [0.1, 0.15) is 53.2 Å². The number of benzene rings is 4. The van der Waals surface area contributed by atoms with Crippen molar-refractivity contribution in [2.45, 2.75) is 61.0 Å². The number of nitrogens with two attached hydrogens (primary N) is 1. The van der Waals surface area contributed by atoms with Crippen LogP contribution in [0.25, 0.3) is 11.2 Å². The molecule has 0 spiro atoms. The Morgan fingerprint density at radius 1 is 0.744 bits per heavy atom. The third kappa shape index (κ3) is 13.5. The van der Waals surface area contributed by atoms with Gasteiger partial charge in [-0.25, -0.2) is 47.2 Å². The van der Waals surface area contributed by atoms with Crippen molar-refractivity contribution in [3.63, 3.8) is 0 Å². The average Bonchev–Trinajstić information content (AvgIpc) is 4.22. The van der Waals surface area contributed by atoms with Crippen LogP contribution in [0, 0.1) is 0 Å². The Labute approximate surface area is 449 Å². The molecule has 0 bridgehead atoms. The molecule has 3 aromatic heterocycles. The molecule has 4 N–H and O–H groups in total. The molecule has 0 aliphatic carbocycles. The summed E-state index contributed by atoms with van der Waals surface area (Å²) in [6, 6.07) is 25.7. The SMILES string of the molecule is COc1ccc(C(=O)Oc2ccc(CSP(=O)(O)OC[C@H]3O[C@@H](n4ccc(=O)[nH]c4=O)[C@H](F)[C@@H]3OP(=O)(OC[C@@H]3C[C@@H](F)[C@H](n4cnc5c(N)ncnc54)O3)SCc3ccc(OC(=O)c4ccc(OC)cc4)cc3)cc2)cc1. The van der Waals surface area contributed by atoms with Crippen molar-refractivity contribution >= 4 is 65.3 Å². The summed E-state index contributed by atoms with van der Waals surface area (Å²) in [5.41, 5.74) is 6.00. The molecule has 0 radical (unpaired) electrons. The van der Waals surface area contributed by atoms with E-state index in [1.165, 1.54) is 67.8 Å². The fraction of sp³-hybridized carbons (Fsp3) is 0.286. The van der Waals surface area contributed by atoms with Gasteiger partial charge in [-0.05, 0) is 107 Å². The van der Waals surface area contributed by atoms with Crippen LogP contribution in [0.15, 0.2) is 132 Å². The van der Waals surface area contributed by atoms with Crippen LogP contribution >= 0.6 is 36.4 Å². The number of halogens is 2. The third-order valence-corrected chi connectivity index (χ3v) is 18.6. The number of hydrogen-bond acceptors (Lipinski definition) is 21. The molecular formula is C49H47F2N7O16P2S2. The monoisotopic (exact) mass is 1150 g/mol. The van der Waals surface area contributed by atoms with Crippen LogP contribution in [0.3, 0.4) is 0 Å². The number of nitrogen functional groups attached to an aromatic ring is 1. The summed E-state index contributed by atoms with van der Waals surface area (Å²) in [4.78, 5) is 75.7. The van der Waals surface area contributed by atoms with E-state index in [1.54, 1.807) is 60.7 Å². The van der Waals surface area contributed by atoms with E-state index in [9.17, 15) is 28.6 Å². The van der Waals surface area contributed by atoms with Crippen LogP contribution in [-0.4, -0.2) is 104 Å². The lowest BCUT2D eigenvalue weighted by Crippen LogP contribution is -2.36. The predicted molar refractivity (Wildman–Crippen MR) is 279 cm³/mol. The normalized spacial score (nSPS) is 21.6. The number of aromatic amines is 1. The van der Waals surface area contributed by atoms with Gasteiger partial charge in [-0.3, -0.25) is 32.5 Å². The van der Waals surface area contributed by atoms with Gasteiger partial charge in [0.25, 0.3) is 5.56 Å². The van der Waals surface area contributed by atoms with E-state index in [-0.39, 0.29) is 57.5 Å². The molecule has 2 unspecified atom stereocenters. The number of fused-ring (bicyclic) bond motifs is 1. The number of H-pyrrole nitrogens is 1. The molecule has 2 fully saturated rings. The molecule has 7 aromatic rings. The van der Waals surface area contributed by atoms with Crippen LogP contribution in [0.5, 0.6) is 23.0 Å². The molecule has 9 atom stereocenters. The summed E-state index contributed by atoms with van der Waals surface area (Å²) in [6.07, 6.45) is -8.73. The zero-order chi connectivity index (χ0) is 55.1. The molecule has 2 aliphatic rings. The number of nitrogens with zero attached hydrogens (tertiary/aromatic N) is 5. The smallest absolute Gasteiger partial charge is 0.389 e. The lowest BCUT2D eigenvalue weighted by Gasteiger charge is -2.26. The number of hydrogen-bond donors (Lipinski definition) is 3. The first-order valence-electron chi connectivity index (χ1n) is 23.4. The second kappa shape index (κ2) is 24.5. The van der Waals surface area contributed by atoms with Crippen molar-refractivity contribution in [3.8, 4) is 23.0 Å². The van der Waals surface area contributed by atoms with E-state index in [0.29, 0.717) is 50.0 Å². The third-order valence-electron chi connectivity index (χ3n) is 12.0. The highest BCUT2D eigenvalue weighted by atomic mass is 32.7. The molecule has 29 heteroatoms. The van der Waals surface area contributed by atoms with Gasteiger partial charge in [0.05, 0.1) is 51.0 Å². The van der Waals surface area contributed by atoms with E-state index in [4.69, 9.17) is 47.7 Å². The first-order valence-corrected chi connectivity index (χ1v) is 29.7. The molecule has 410 valence electrons. The number of nitrogens with one attached hydrogen (secondary N) is 1. The highest BCUT2D eigenvalue weighted by Gasteiger charge is 2.52. The molecule has 4 aromatic carbocycles. The Morgan fingerprint density at radius 2 is 1.32 bits per heavy atom. The van der Waals surface area contributed by atoms with Gasteiger partial charge in [-0.15, -0.1) is 0 Å². The first kappa shape index (κ1) is 56.0. The Morgan fingerprint density at radius 3 is 1.90 bits per heavy atom. The summed E-state index contributed by atoms with van der Waals surface area (Å²) >= 11 is 1.08. The molecule has 2 saturated heterocycles. The largest absolute Gasteiger partial charge is 0.497 e. The second-order valence-corrected chi connectivity index (χ2v) is 25.1. The zero-order valence-corrected chi connectivity index (χ0v) is 44.4. The maximum absolute atomic E-state index is 17.0. The Bertz CT molecular complexity index is 3470. The van der Waals surface area contributed by atoms with Crippen molar-refractivity contribution in [1.29, 1.82) is 0 Å². The number of alkyl halides is 2. The van der Waals surface area contributed by atoms with Crippen molar-refractivity contribution in [2.75, 3.05) is 33.2 Å². The number of ether oxygens (including phenoxy) is 6. The fourth-order valence-electron chi connectivity index (χ4n) is 7.94.